The first-order valence-corrected chi connectivity index (χ1v) is 14.5. The summed E-state index contributed by atoms with van der Waals surface area (Å²) in [6, 6.07) is 11.9. The van der Waals surface area contributed by atoms with E-state index >= 15 is 0 Å². The highest BCUT2D eigenvalue weighted by atomic mass is 16.5. The minimum Gasteiger partial charge on any atom is -0.378 e. The molecule has 216 valence electrons. The molecule has 6 rings (SSSR count). The molecule has 0 spiro atoms. The lowest BCUT2D eigenvalue weighted by atomic mass is 10.1. The Hall–Kier alpha value is -3.49. The number of methoxy groups -OCH3 is 1. The topological polar surface area (TPSA) is 107 Å². The van der Waals surface area contributed by atoms with Crippen molar-refractivity contribution in [3.05, 3.63) is 53.8 Å². The minimum absolute atomic E-state index is 0.0173. The highest BCUT2D eigenvalue weighted by molar-refractivity contribution is 5.95. The fourth-order valence-electron chi connectivity index (χ4n) is 6.56. The first-order valence-electron chi connectivity index (χ1n) is 15.0. The number of nitriles is 1. The van der Waals surface area contributed by atoms with Gasteiger partial charge in [-0.2, -0.15) is 5.26 Å². The summed E-state index contributed by atoms with van der Waals surface area (Å²) in [5, 5.41) is 10.5. The van der Waals surface area contributed by atoms with Gasteiger partial charge in [0.2, 0.25) is 0 Å². The molecule has 3 aromatic rings. The second kappa shape index (κ2) is 11.8. The summed E-state index contributed by atoms with van der Waals surface area (Å²) in [5.41, 5.74) is 10.6. The second-order valence-electron chi connectivity index (χ2n) is 11.5. The van der Waals surface area contributed by atoms with Crippen molar-refractivity contribution >= 4 is 28.1 Å². The van der Waals surface area contributed by atoms with Gasteiger partial charge in [-0.15, -0.1) is 0 Å². The Labute approximate surface area is 243 Å². The zero-order valence-corrected chi connectivity index (χ0v) is 24.2. The lowest BCUT2D eigenvalue weighted by molar-refractivity contribution is -0.0327. The van der Waals surface area contributed by atoms with Gasteiger partial charge in [-0.3, -0.25) is 9.88 Å². The normalized spacial score (nSPS) is 25.9. The van der Waals surface area contributed by atoms with Crippen LogP contribution in [-0.4, -0.2) is 105 Å². The summed E-state index contributed by atoms with van der Waals surface area (Å²) < 4.78 is 19.9. The Morgan fingerprint density at radius 2 is 1.93 bits per heavy atom. The molecule has 2 N–H and O–H groups in total. The van der Waals surface area contributed by atoms with E-state index < -0.39 is 0 Å². The molecule has 3 aliphatic rings. The molecule has 0 aliphatic carbocycles. The molecular weight excluding hydrogens is 516 g/mol. The molecule has 5 heterocycles. The van der Waals surface area contributed by atoms with Gasteiger partial charge >= 0.3 is 0 Å². The molecule has 0 amide bonds. The van der Waals surface area contributed by atoms with Crippen molar-refractivity contribution in [1.29, 1.82) is 5.26 Å². The van der Waals surface area contributed by atoms with Crippen molar-refractivity contribution in [2.45, 2.75) is 38.2 Å². The van der Waals surface area contributed by atoms with Crippen LogP contribution in [0, 0.1) is 18.3 Å². The number of rotatable bonds is 6. The molecule has 3 aliphatic heterocycles. The van der Waals surface area contributed by atoms with Gasteiger partial charge in [-0.25, -0.2) is 4.98 Å². The predicted molar refractivity (Wildman–Crippen MR) is 162 cm³/mol. The highest BCUT2D eigenvalue weighted by Gasteiger charge is 2.32. The second-order valence-corrected chi connectivity index (χ2v) is 11.5. The van der Waals surface area contributed by atoms with Crippen LogP contribution < -0.4 is 20.4 Å². The SMILES string of the molecule is [2H]c1ccc2c(N3C[C@H](CN4CCN(c5ncc(N6C[C@@H](N)[C@H](OC)C6)cc5C)CC4)O[C@H](C)C3)ccc(C#N)c2n1. The number of fused-ring (bicyclic) bond motifs is 1. The van der Waals surface area contributed by atoms with Gasteiger partial charge in [0.1, 0.15) is 11.9 Å². The molecule has 10 nitrogen and oxygen atoms in total. The summed E-state index contributed by atoms with van der Waals surface area (Å²) in [6.45, 7) is 12.0. The third kappa shape index (κ3) is 5.68. The van der Waals surface area contributed by atoms with Gasteiger partial charge in [0, 0.05) is 83.3 Å². The first kappa shape index (κ1) is 26.4. The third-order valence-electron chi connectivity index (χ3n) is 8.63. The summed E-state index contributed by atoms with van der Waals surface area (Å²) in [6.07, 6.45) is 2.34. The smallest absolute Gasteiger partial charge is 0.131 e. The standard InChI is InChI=1S/C31H40N8O2/c1-21-13-24(38-19-27(33)29(20-38)40-3)15-35-31(21)37-11-9-36(10-12-37)17-25-18-39(16-22(2)41-25)28-7-6-23(14-32)30-26(28)5-4-8-34-30/h4-8,13,15,22,25,27,29H,9-12,16-20,33H2,1-3H3/t22-,25+,27-,29-/m1/s1/i8D. The fraction of sp³-hybridized carbons (Fsp3) is 0.516. The third-order valence-corrected chi connectivity index (χ3v) is 8.63. The van der Waals surface area contributed by atoms with Crippen LogP contribution >= 0.6 is 0 Å². The number of nitrogens with two attached hydrogens (primary N) is 1. The van der Waals surface area contributed by atoms with Crippen LogP contribution in [0.5, 0.6) is 0 Å². The van der Waals surface area contributed by atoms with Crippen LogP contribution in [0.15, 0.2) is 42.7 Å². The van der Waals surface area contributed by atoms with Gasteiger partial charge in [0.05, 0.1) is 48.7 Å². The fourth-order valence-corrected chi connectivity index (χ4v) is 6.56. The number of hydrogen-bond donors (Lipinski definition) is 1. The molecular formula is C31H40N8O2. The Morgan fingerprint density at radius 1 is 1.10 bits per heavy atom. The Balaban J connectivity index is 1.08. The molecule has 3 saturated heterocycles. The van der Waals surface area contributed by atoms with E-state index in [2.05, 4.69) is 50.6 Å². The molecule has 3 fully saturated rings. The average Bonchev–Trinajstić information content (AvgIpc) is 3.37. The average molecular weight is 558 g/mol. The van der Waals surface area contributed by atoms with Crippen LogP contribution in [0.2, 0.25) is 0 Å². The number of benzene rings is 1. The number of hydrogen-bond acceptors (Lipinski definition) is 10. The minimum atomic E-state index is 0.0173. The number of aromatic nitrogens is 2. The quantitative estimate of drug-likeness (QED) is 0.486. The summed E-state index contributed by atoms with van der Waals surface area (Å²) in [4.78, 5) is 18.7. The predicted octanol–water partition coefficient (Wildman–Crippen LogP) is 2.39. The van der Waals surface area contributed by atoms with Gasteiger partial charge in [-0.1, -0.05) is 0 Å². The van der Waals surface area contributed by atoms with E-state index in [1.807, 2.05) is 24.4 Å². The first-order chi connectivity index (χ1) is 20.3. The number of aryl methyl sites for hydroxylation is 1. The Morgan fingerprint density at radius 3 is 2.66 bits per heavy atom. The Kier molecular flexibility index (Phi) is 7.59. The zero-order chi connectivity index (χ0) is 29.4. The molecule has 2 aromatic heterocycles. The van der Waals surface area contributed by atoms with E-state index in [4.69, 9.17) is 21.6 Å². The number of nitrogens with zero attached hydrogens (tertiary/aromatic N) is 7. The lowest BCUT2D eigenvalue weighted by Crippen LogP contribution is -2.54. The molecule has 1 aromatic carbocycles. The van der Waals surface area contributed by atoms with E-state index in [1.165, 1.54) is 5.56 Å². The number of morpholine rings is 1. The van der Waals surface area contributed by atoms with E-state index in [1.54, 1.807) is 13.2 Å². The van der Waals surface area contributed by atoms with Gasteiger partial charge < -0.3 is 29.9 Å². The lowest BCUT2D eigenvalue weighted by Gasteiger charge is -2.42. The summed E-state index contributed by atoms with van der Waals surface area (Å²) in [5.74, 6) is 1.05. The zero-order valence-electron chi connectivity index (χ0n) is 25.2. The van der Waals surface area contributed by atoms with Crippen molar-refractivity contribution in [2.24, 2.45) is 5.73 Å². The monoisotopic (exact) mass is 557 g/mol. The molecule has 0 unspecified atom stereocenters. The van der Waals surface area contributed by atoms with E-state index in [0.29, 0.717) is 11.1 Å². The van der Waals surface area contributed by atoms with Crippen molar-refractivity contribution in [3.63, 3.8) is 0 Å². The van der Waals surface area contributed by atoms with Crippen LogP contribution in [0.25, 0.3) is 10.9 Å². The summed E-state index contributed by atoms with van der Waals surface area (Å²) >= 11 is 0. The maximum absolute atomic E-state index is 9.58. The van der Waals surface area contributed by atoms with Gasteiger partial charge in [0.15, 0.2) is 0 Å². The van der Waals surface area contributed by atoms with Crippen molar-refractivity contribution in [3.8, 4) is 6.07 Å². The summed E-state index contributed by atoms with van der Waals surface area (Å²) in [7, 11) is 1.72. The number of pyridine rings is 2. The van der Waals surface area contributed by atoms with Crippen molar-refractivity contribution < 1.29 is 10.8 Å². The number of ether oxygens (including phenoxy) is 2. The molecule has 41 heavy (non-hydrogen) atoms. The maximum atomic E-state index is 9.58. The molecule has 0 saturated carbocycles. The van der Waals surface area contributed by atoms with Crippen LogP contribution in [0.3, 0.4) is 0 Å². The van der Waals surface area contributed by atoms with Crippen molar-refractivity contribution in [1.82, 2.24) is 14.9 Å². The largest absolute Gasteiger partial charge is 0.378 e. The number of piperazine rings is 1. The van der Waals surface area contributed by atoms with Crippen LogP contribution in [0.1, 0.15) is 19.4 Å². The van der Waals surface area contributed by atoms with Gasteiger partial charge in [0.25, 0.3) is 0 Å². The van der Waals surface area contributed by atoms with E-state index in [0.717, 1.165) is 81.5 Å². The van der Waals surface area contributed by atoms with E-state index in [-0.39, 0.29) is 30.5 Å². The highest BCUT2D eigenvalue weighted by Crippen LogP contribution is 2.31. The molecule has 4 atom stereocenters. The van der Waals surface area contributed by atoms with Gasteiger partial charge in [-0.05, 0) is 49.7 Å². The van der Waals surface area contributed by atoms with Crippen LogP contribution in [-0.2, 0) is 9.47 Å². The Bertz CT molecular complexity index is 1470. The van der Waals surface area contributed by atoms with Crippen molar-refractivity contribution in [2.75, 3.05) is 80.7 Å². The van der Waals surface area contributed by atoms with E-state index in [9.17, 15) is 5.26 Å². The maximum Gasteiger partial charge on any atom is 0.131 e. The number of anilines is 3. The van der Waals surface area contributed by atoms with Crippen LogP contribution in [0.4, 0.5) is 17.2 Å². The molecule has 10 heteroatoms. The molecule has 0 bridgehead atoms. The molecule has 0 radical (unpaired) electrons.